The van der Waals surface area contributed by atoms with Gasteiger partial charge in [0.25, 0.3) is 5.91 Å². The maximum atomic E-state index is 12.8. The zero-order valence-electron chi connectivity index (χ0n) is 17.8. The molecule has 1 aliphatic rings. The van der Waals surface area contributed by atoms with E-state index in [1.165, 1.54) is 24.3 Å². The first-order valence-corrected chi connectivity index (χ1v) is 12.0. The van der Waals surface area contributed by atoms with Gasteiger partial charge < -0.3 is 9.64 Å². The molecular weight excluding hydrogens is 428 g/mol. The van der Waals surface area contributed by atoms with Crippen LogP contribution < -0.4 is 4.72 Å². The predicted molar refractivity (Wildman–Crippen MR) is 120 cm³/mol. The Balaban J connectivity index is 1.37. The van der Waals surface area contributed by atoms with Crippen molar-refractivity contribution in [2.75, 3.05) is 20.2 Å². The van der Waals surface area contributed by atoms with Gasteiger partial charge in [-0.15, -0.1) is 0 Å². The number of carbonyl (C=O) groups is 1. The summed E-state index contributed by atoms with van der Waals surface area (Å²) < 4.78 is 34.8. The lowest BCUT2D eigenvalue weighted by atomic mass is 10.2. The Bertz CT molecular complexity index is 1150. The van der Waals surface area contributed by atoms with Crippen LogP contribution in [0.25, 0.3) is 5.69 Å². The van der Waals surface area contributed by atoms with Crippen molar-refractivity contribution in [1.82, 2.24) is 19.4 Å². The highest BCUT2D eigenvalue weighted by Crippen LogP contribution is 2.16. The van der Waals surface area contributed by atoms with Gasteiger partial charge in [-0.25, -0.2) is 17.8 Å². The lowest BCUT2D eigenvalue weighted by Gasteiger charge is -2.16. The van der Waals surface area contributed by atoms with Crippen molar-refractivity contribution in [3.8, 4) is 5.69 Å². The zero-order chi connectivity index (χ0) is 22.6. The van der Waals surface area contributed by atoms with Gasteiger partial charge >= 0.3 is 0 Å². The number of hydrogen-bond acceptors (Lipinski definition) is 5. The van der Waals surface area contributed by atoms with Crippen molar-refractivity contribution in [2.24, 2.45) is 0 Å². The van der Waals surface area contributed by atoms with E-state index in [0.29, 0.717) is 18.7 Å². The molecule has 1 amide bonds. The van der Waals surface area contributed by atoms with E-state index >= 15 is 0 Å². The molecule has 0 radical (unpaired) electrons. The number of benzene rings is 2. The second-order valence-corrected chi connectivity index (χ2v) is 9.57. The number of nitrogens with zero attached hydrogens (tertiary/aromatic N) is 3. The third-order valence-corrected chi connectivity index (χ3v) is 6.80. The second kappa shape index (κ2) is 9.64. The number of hydrogen-bond donors (Lipinski definition) is 1. The number of amides is 1. The van der Waals surface area contributed by atoms with Crippen LogP contribution in [0.2, 0.25) is 0 Å². The fourth-order valence-electron chi connectivity index (χ4n) is 3.60. The van der Waals surface area contributed by atoms with Gasteiger partial charge in [0.05, 0.1) is 22.9 Å². The van der Waals surface area contributed by atoms with Gasteiger partial charge in [-0.3, -0.25) is 4.79 Å². The van der Waals surface area contributed by atoms with Crippen molar-refractivity contribution >= 4 is 15.9 Å². The van der Waals surface area contributed by atoms with E-state index in [9.17, 15) is 13.2 Å². The van der Waals surface area contributed by atoms with Gasteiger partial charge in [0.1, 0.15) is 0 Å². The smallest absolute Gasteiger partial charge is 0.253 e. The largest absolute Gasteiger partial charge is 0.377 e. The Kier molecular flexibility index (Phi) is 6.69. The minimum absolute atomic E-state index is 0.0782. The summed E-state index contributed by atoms with van der Waals surface area (Å²) in [5, 5.41) is 4.35. The Hall–Kier alpha value is -3.01. The first-order chi connectivity index (χ1) is 15.4. The molecule has 9 heteroatoms. The summed E-state index contributed by atoms with van der Waals surface area (Å²) in [6, 6.07) is 15.7. The van der Waals surface area contributed by atoms with Crippen molar-refractivity contribution in [3.05, 3.63) is 78.1 Å². The average molecular weight is 455 g/mol. The number of para-hydroxylation sites is 1. The van der Waals surface area contributed by atoms with Crippen LogP contribution in [0.5, 0.6) is 0 Å². The van der Waals surface area contributed by atoms with Crippen LogP contribution in [0.1, 0.15) is 28.8 Å². The van der Waals surface area contributed by atoms with Crippen LogP contribution in [0.15, 0.2) is 71.9 Å². The second-order valence-electron chi connectivity index (χ2n) is 7.80. The Morgan fingerprint density at radius 1 is 1.19 bits per heavy atom. The van der Waals surface area contributed by atoms with Crippen molar-refractivity contribution in [3.63, 3.8) is 0 Å². The summed E-state index contributed by atoms with van der Waals surface area (Å²) in [6.45, 7) is 1.31. The molecule has 1 aliphatic heterocycles. The quantitative estimate of drug-likeness (QED) is 0.565. The Morgan fingerprint density at radius 2 is 1.94 bits per heavy atom. The van der Waals surface area contributed by atoms with Gasteiger partial charge in [0, 0.05) is 44.1 Å². The van der Waals surface area contributed by atoms with Crippen molar-refractivity contribution < 1.29 is 17.9 Å². The van der Waals surface area contributed by atoms with E-state index in [0.717, 1.165) is 24.1 Å². The molecule has 0 aliphatic carbocycles. The molecule has 0 bridgehead atoms. The number of aromatic nitrogens is 2. The molecular formula is C23H26N4O4S. The Morgan fingerprint density at radius 3 is 2.62 bits per heavy atom. The maximum Gasteiger partial charge on any atom is 0.253 e. The normalized spacial score (nSPS) is 16.2. The molecule has 0 unspecified atom stereocenters. The molecule has 4 rings (SSSR count). The molecule has 2 heterocycles. The van der Waals surface area contributed by atoms with E-state index in [1.807, 2.05) is 36.5 Å². The molecule has 3 aromatic rings. The van der Waals surface area contributed by atoms with Gasteiger partial charge in [-0.2, -0.15) is 5.10 Å². The highest BCUT2D eigenvalue weighted by atomic mass is 32.2. The number of rotatable bonds is 8. The van der Waals surface area contributed by atoms with Gasteiger partial charge in [0.2, 0.25) is 10.0 Å². The maximum absolute atomic E-state index is 12.8. The standard InChI is InChI=1S/C23H26N4O4S/c1-26(16-18-14-24-27(17-18)20-6-3-2-4-7-20)23(28)19-9-11-22(12-10-19)32(29,30)25-15-21-8-5-13-31-21/h2-4,6-7,9-12,14,17,21,25H,5,8,13,15-16H2,1H3/t21-/m1/s1. The highest BCUT2D eigenvalue weighted by molar-refractivity contribution is 7.89. The summed E-state index contributed by atoms with van der Waals surface area (Å²) in [5.41, 5.74) is 2.25. The minimum Gasteiger partial charge on any atom is -0.377 e. The number of ether oxygens (including phenoxy) is 1. The molecule has 32 heavy (non-hydrogen) atoms. The summed E-state index contributed by atoms with van der Waals surface area (Å²) in [7, 11) is -1.94. The lowest BCUT2D eigenvalue weighted by Crippen LogP contribution is -2.32. The zero-order valence-corrected chi connectivity index (χ0v) is 18.7. The van der Waals surface area contributed by atoms with Gasteiger partial charge in [-0.1, -0.05) is 18.2 Å². The van der Waals surface area contributed by atoms with E-state index in [4.69, 9.17) is 4.74 Å². The molecule has 1 fully saturated rings. The molecule has 2 aromatic carbocycles. The van der Waals surface area contributed by atoms with Gasteiger partial charge in [-0.05, 0) is 49.2 Å². The number of carbonyl (C=O) groups excluding carboxylic acids is 1. The fourth-order valence-corrected chi connectivity index (χ4v) is 4.66. The Labute approximate surface area is 187 Å². The summed E-state index contributed by atoms with van der Waals surface area (Å²) >= 11 is 0. The van der Waals surface area contributed by atoms with Crippen LogP contribution in [-0.4, -0.2) is 55.3 Å². The molecule has 1 N–H and O–H groups in total. The van der Waals surface area contributed by atoms with Crippen LogP contribution in [0, 0.1) is 0 Å². The molecule has 1 saturated heterocycles. The molecule has 1 aromatic heterocycles. The van der Waals surface area contributed by atoms with Crippen LogP contribution in [0.4, 0.5) is 0 Å². The van der Waals surface area contributed by atoms with Crippen molar-refractivity contribution in [2.45, 2.75) is 30.4 Å². The molecule has 0 saturated carbocycles. The number of nitrogens with one attached hydrogen (secondary N) is 1. The van der Waals surface area contributed by atoms with Crippen LogP contribution in [-0.2, 0) is 21.3 Å². The fraction of sp³-hybridized carbons (Fsp3) is 0.304. The SMILES string of the molecule is CN(Cc1cnn(-c2ccccc2)c1)C(=O)c1ccc(S(=O)(=O)NC[C@H]2CCCO2)cc1. The van der Waals surface area contributed by atoms with E-state index in [-0.39, 0.29) is 23.5 Å². The predicted octanol–water partition coefficient (Wildman–Crippen LogP) is 2.60. The van der Waals surface area contributed by atoms with E-state index < -0.39 is 10.0 Å². The van der Waals surface area contributed by atoms with Crippen molar-refractivity contribution in [1.29, 1.82) is 0 Å². The summed E-state index contributed by atoms with van der Waals surface area (Å²) in [4.78, 5) is 14.5. The first-order valence-electron chi connectivity index (χ1n) is 10.5. The average Bonchev–Trinajstić information content (AvgIpc) is 3.50. The van der Waals surface area contributed by atoms with Crippen LogP contribution in [0.3, 0.4) is 0 Å². The van der Waals surface area contributed by atoms with Crippen LogP contribution >= 0.6 is 0 Å². The van der Waals surface area contributed by atoms with E-state index in [1.54, 1.807) is 22.8 Å². The lowest BCUT2D eigenvalue weighted by molar-refractivity contribution is 0.0785. The highest BCUT2D eigenvalue weighted by Gasteiger charge is 2.21. The van der Waals surface area contributed by atoms with Gasteiger partial charge in [0.15, 0.2) is 0 Å². The summed E-state index contributed by atoms with van der Waals surface area (Å²) in [5.74, 6) is -0.200. The topological polar surface area (TPSA) is 93.5 Å². The molecule has 0 spiro atoms. The minimum atomic E-state index is -3.65. The van der Waals surface area contributed by atoms with E-state index in [2.05, 4.69) is 9.82 Å². The monoisotopic (exact) mass is 454 g/mol. The molecule has 1 atom stereocenters. The first kappa shape index (κ1) is 22.2. The third-order valence-electron chi connectivity index (χ3n) is 5.36. The number of sulfonamides is 1. The molecule has 8 nitrogen and oxygen atoms in total. The molecule has 168 valence electrons. The third kappa shape index (κ3) is 5.24. The summed E-state index contributed by atoms with van der Waals surface area (Å²) in [6.07, 6.45) is 5.34.